The maximum absolute atomic E-state index is 12.7. The Bertz CT molecular complexity index is 1140. The SMILES string of the molecule is CCOC(=O)c1c(-c2ccccc2Cl)csc1NC(=O)CSc1nnc(C2CC2)n1CC. The lowest BCUT2D eigenvalue weighted by atomic mass is 10.0. The minimum absolute atomic E-state index is 0.157. The molecule has 0 spiro atoms. The lowest BCUT2D eigenvalue weighted by Crippen LogP contribution is -2.17. The van der Waals surface area contributed by atoms with E-state index in [1.165, 1.54) is 23.1 Å². The highest BCUT2D eigenvalue weighted by Gasteiger charge is 2.30. The van der Waals surface area contributed by atoms with E-state index in [0.717, 1.165) is 30.4 Å². The first kappa shape index (κ1) is 22.8. The van der Waals surface area contributed by atoms with Crippen LogP contribution < -0.4 is 5.32 Å². The Balaban J connectivity index is 1.52. The zero-order valence-electron chi connectivity index (χ0n) is 17.8. The number of nitrogens with one attached hydrogen (secondary N) is 1. The summed E-state index contributed by atoms with van der Waals surface area (Å²) < 4.78 is 7.32. The van der Waals surface area contributed by atoms with E-state index in [1.807, 2.05) is 30.5 Å². The van der Waals surface area contributed by atoms with Crippen LogP contribution in [0.4, 0.5) is 5.00 Å². The van der Waals surface area contributed by atoms with Gasteiger partial charge in [0.25, 0.3) is 0 Å². The van der Waals surface area contributed by atoms with Crippen LogP contribution in [0.15, 0.2) is 34.8 Å². The summed E-state index contributed by atoms with van der Waals surface area (Å²) in [4.78, 5) is 25.4. The Kier molecular flexibility index (Phi) is 7.17. The Labute approximate surface area is 199 Å². The topological polar surface area (TPSA) is 86.1 Å². The summed E-state index contributed by atoms with van der Waals surface area (Å²) in [5, 5.41) is 14.9. The number of thioether (sulfide) groups is 1. The van der Waals surface area contributed by atoms with Crippen molar-refractivity contribution in [3.63, 3.8) is 0 Å². The van der Waals surface area contributed by atoms with E-state index in [4.69, 9.17) is 16.3 Å². The lowest BCUT2D eigenvalue weighted by molar-refractivity contribution is -0.113. The van der Waals surface area contributed by atoms with Gasteiger partial charge in [-0.15, -0.1) is 21.5 Å². The van der Waals surface area contributed by atoms with Gasteiger partial charge in [-0.25, -0.2) is 4.79 Å². The molecule has 32 heavy (non-hydrogen) atoms. The number of hydrogen-bond acceptors (Lipinski definition) is 7. The van der Waals surface area contributed by atoms with Crippen molar-refractivity contribution in [2.24, 2.45) is 0 Å². The second-order valence-corrected chi connectivity index (χ2v) is 9.48. The third kappa shape index (κ3) is 4.84. The fourth-order valence-corrected chi connectivity index (χ4v) is 5.39. The van der Waals surface area contributed by atoms with Gasteiger partial charge in [-0.1, -0.05) is 41.6 Å². The van der Waals surface area contributed by atoms with Crippen molar-refractivity contribution >= 4 is 51.6 Å². The number of hydrogen-bond donors (Lipinski definition) is 1. The first-order valence-corrected chi connectivity index (χ1v) is 12.7. The van der Waals surface area contributed by atoms with Crippen LogP contribution in [0.2, 0.25) is 5.02 Å². The van der Waals surface area contributed by atoms with Gasteiger partial charge in [-0.2, -0.15) is 0 Å². The number of ether oxygens (including phenoxy) is 1. The van der Waals surface area contributed by atoms with E-state index in [1.54, 1.807) is 13.0 Å². The average Bonchev–Trinajstić information content (AvgIpc) is 3.41. The molecule has 4 rings (SSSR count). The van der Waals surface area contributed by atoms with E-state index < -0.39 is 5.97 Å². The highest BCUT2D eigenvalue weighted by Crippen LogP contribution is 2.41. The van der Waals surface area contributed by atoms with Crippen LogP contribution in [0.25, 0.3) is 11.1 Å². The smallest absolute Gasteiger partial charge is 0.341 e. The second-order valence-electron chi connectivity index (χ2n) is 7.25. The summed E-state index contributed by atoms with van der Waals surface area (Å²) >= 11 is 8.96. The molecule has 3 aromatic rings. The molecule has 0 saturated heterocycles. The summed E-state index contributed by atoms with van der Waals surface area (Å²) in [6, 6.07) is 7.27. The predicted octanol–water partition coefficient (Wildman–Crippen LogP) is 5.46. The molecule has 1 aliphatic rings. The van der Waals surface area contributed by atoms with Crippen LogP contribution in [0.1, 0.15) is 48.8 Å². The number of rotatable bonds is 9. The van der Waals surface area contributed by atoms with Crippen molar-refractivity contribution in [1.29, 1.82) is 0 Å². The van der Waals surface area contributed by atoms with Crippen LogP contribution >= 0.6 is 34.7 Å². The molecule has 1 N–H and O–H groups in total. The predicted molar refractivity (Wildman–Crippen MR) is 128 cm³/mol. The van der Waals surface area contributed by atoms with Crippen molar-refractivity contribution in [2.45, 2.75) is 44.3 Å². The van der Waals surface area contributed by atoms with Gasteiger partial charge in [-0.3, -0.25) is 4.79 Å². The van der Waals surface area contributed by atoms with E-state index >= 15 is 0 Å². The second kappa shape index (κ2) is 10.1. The summed E-state index contributed by atoms with van der Waals surface area (Å²) in [6.45, 7) is 4.79. The zero-order chi connectivity index (χ0) is 22.7. The number of carbonyl (C=O) groups is 2. The molecular formula is C22H23ClN4O3S2. The molecule has 0 atom stereocenters. The number of carbonyl (C=O) groups excluding carboxylic acids is 2. The van der Waals surface area contributed by atoms with Crippen molar-refractivity contribution in [2.75, 3.05) is 17.7 Å². The minimum atomic E-state index is -0.494. The van der Waals surface area contributed by atoms with Gasteiger partial charge in [0.15, 0.2) is 5.16 Å². The van der Waals surface area contributed by atoms with Crippen molar-refractivity contribution in [3.05, 3.63) is 46.1 Å². The van der Waals surface area contributed by atoms with Gasteiger partial charge in [0.2, 0.25) is 5.91 Å². The number of benzene rings is 1. The normalized spacial score (nSPS) is 13.2. The Morgan fingerprint density at radius 1 is 1.25 bits per heavy atom. The fraction of sp³-hybridized carbons (Fsp3) is 0.364. The average molecular weight is 491 g/mol. The van der Waals surface area contributed by atoms with Crippen LogP contribution in [-0.4, -0.2) is 39.0 Å². The van der Waals surface area contributed by atoms with E-state index in [2.05, 4.69) is 20.1 Å². The van der Waals surface area contributed by atoms with Gasteiger partial charge in [0, 0.05) is 34.0 Å². The number of esters is 1. The lowest BCUT2D eigenvalue weighted by Gasteiger charge is -2.10. The molecule has 0 aliphatic heterocycles. The molecule has 1 aromatic carbocycles. The van der Waals surface area contributed by atoms with Gasteiger partial charge in [-0.05, 0) is 32.8 Å². The number of aromatic nitrogens is 3. The molecule has 7 nitrogen and oxygen atoms in total. The molecule has 2 heterocycles. The van der Waals surface area contributed by atoms with Crippen LogP contribution in [0, 0.1) is 0 Å². The molecule has 10 heteroatoms. The van der Waals surface area contributed by atoms with Crippen molar-refractivity contribution in [3.8, 4) is 11.1 Å². The Morgan fingerprint density at radius 2 is 2.03 bits per heavy atom. The third-order valence-electron chi connectivity index (χ3n) is 5.02. The van der Waals surface area contributed by atoms with Gasteiger partial charge < -0.3 is 14.6 Å². The Morgan fingerprint density at radius 3 is 2.72 bits per heavy atom. The summed E-state index contributed by atoms with van der Waals surface area (Å²) in [5.74, 6) is 0.928. The van der Waals surface area contributed by atoms with E-state index in [-0.39, 0.29) is 18.3 Å². The molecule has 1 saturated carbocycles. The largest absolute Gasteiger partial charge is 0.462 e. The molecule has 2 aromatic heterocycles. The fourth-order valence-electron chi connectivity index (χ4n) is 3.37. The quantitative estimate of drug-likeness (QED) is 0.316. The van der Waals surface area contributed by atoms with Crippen LogP contribution in [0.3, 0.4) is 0 Å². The number of thiophene rings is 1. The van der Waals surface area contributed by atoms with Gasteiger partial charge in [0.05, 0.1) is 12.4 Å². The Hall–Kier alpha value is -2.36. The van der Waals surface area contributed by atoms with Crippen molar-refractivity contribution < 1.29 is 14.3 Å². The first-order chi connectivity index (χ1) is 15.5. The number of anilines is 1. The molecule has 1 aliphatic carbocycles. The van der Waals surface area contributed by atoms with Crippen molar-refractivity contribution in [1.82, 2.24) is 14.8 Å². The maximum atomic E-state index is 12.7. The number of halogens is 1. The van der Waals surface area contributed by atoms with Crippen LogP contribution in [0.5, 0.6) is 0 Å². The van der Waals surface area contributed by atoms with Gasteiger partial charge in [0.1, 0.15) is 16.4 Å². The summed E-state index contributed by atoms with van der Waals surface area (Å²) in [5.41, 5.74) is 1.67. The molecule has 0 unspecified atom stereocenters. The zero-order valence-corrected chi connectivity index (χ0v) is 20.1. The van der Waals surface area contributed by atoms with E-state index in [9.17, 15) is 9.59 Å². The summed E-state index contributed by atoms with van der Waals surface area (Å²) in [6.07, 6.45) is 2.29. The molecule has 1 amide bonds. The van der Waals surface area contributed by atoms with Crippen LogP contribution in [-0.2, 0) is 16.1 Å². The molecule has 1 fully saturated rings. The van der Waals surface area contributed by atoms with Gasteiger partial charge >= 0.3 is 5.97 Å². The number of amides is 1. The maximum Gasteiger partial charge on any atom is 0.341 e. The number of nitrogens with zero attached hydrogens (tertiary/aromatic N) is 3. The first-order valence-electron chi connectivity index (χ1n) is 10.4. The highest BCUT2D eigenvalue weighted by atomic mass is 35.5. The molecule has 0 radical (unpaired) electrons. The minimum Gasteiger partial charge on any atom is -0.462 e. The monoisotopic (exact) mass is 490 g/mol. The summed E-state index contributed by atoms with van der Waals surface area (Å²) in [7, 11) is 0. The third-order valence-corrected chi connectivity index (χ3v) is 7.22. The van der Waals surface area contributed by atoms with E-state index in [0.29, 0.717) is 32.6 Å². The molecule has 0 bridgehead atoms. The highest BCUT2D eigenvalue weighted by molar-refractivity contribution is 7.99. The molecular weight excluding hydrogens is 468 g/mol. The molecule has 168 valence electrons. The standard InChI is InChI=1S/C22H23ClN4O3S2/c1-3-27-19(13-9-10-13)25-26-22(27)32-12-17(28)24-20-18(21(29)30-4-2)15(11-31-20)14-7-5-6-8-16(14)23/h5-8,11,13H,3-4,9-10,12H2,1-2H3,(H,24,28).